The molecule has 2 aromatic carbocycles. The highest BCUT2D eigenvalue weighted by atomic mass is 16.3. The van der Waals surface area contributed by atoms with Crippen LogP contribution >= 0.6 is 0 Å². The molecule has 1 saturated heterocycles. The molecule has 2 amide bonds. The minimum absolute atomic E-state index is 0.00803. The maximum Gasteiger partial charge on any atom is 0.253 e. The van der Waals surface area contributed by atoms with Crippen molar-refractivity contribution in [3.8, 4) is 11.5 Å². The molecule has 6 heteroatoms. The van der Waals surface area contributed by atoms with Crippen LogP contribution in [0, 0.1) is 5.92 Å². The number of nitrogens with zero attached hydrogens (tertiary/aromatic N) is 2. The quantitative estimate of drug-likeness (QED) is 0.631. The molecule has 4 rings (SSSR count). The van der Waals surface area contributed by atoms with Gasteiger partial charge in [-0.3, -0.25) is 9.59 Å². The molecule has 1 atom stereocenters. The summed E-state index contributed by atoms with van der Waals surface area (Å²) in [5.41, 5.74) is 2.88. The summed E-state index contributed by atoms with van der Waals surface area (Å²) in [6.07, 6.45) is 3.18. The van der Waals surface area contributed by atoms with Gasteiger partial charge in [-0.15, -0.1) is 0 Å². The van der Waals surface area contributed by atoms with Crippen LogP contribution in [0.2, 0.25) is 0 Å². The molecule has 0 saturated carbocycles. The van der Waals surface area contributed by atoms with Crippen LogP contribution < -0.4 is 5.32 Å². The van der Waals surface area contributed by atoms with Crippen LogP contribution in [0.1, 0.15) is 49.9 Å². The maximum atomic E-state index is 13.0. The molecule has 162 valence electrons. The molecule has 1 aliphatic heterocycles. The molecule has 0 spiro atoms. The number of hydrogen-bond donors (Lipinski definition) is 1. The number of oxazole rings is 1. The molecule has 2 heterocycles. The molecule has 1 aromatic heterocycles. The zero-order chi connectivity index (χ0) is 21.8. The Kier molecular flexibility index (Phi) is 6.35. The van der Waals surface area contributed by atoms with E-state index in [-0.39, 0.29) is 17.9 Å². The van der Waals surface area contributed by atoms with Crippen LogP contribution in [0.25, 0.3) is 22.6 Å². The predicted octanol–water partition coefficient (Wildman–Crippen LogP) is 4.65. The largest absolute Gasteiger partial charge is 0.436 e. The molecular formula is C25H29N3O3. The number of rotatable bonds is 6. The third-order valence-corrected chi connectivity index (χ3v) is 6.05. The van der Waals surface area contributed by atoms with Gasteiger partial charge in [-0.05, 0) is 62.4 Å². The van der Waals surface area contributed by atoms with Crippen LogP contribution in [0.3, 0.4) is 0 Å². The van der Waals surface area contributed by atoms with Crippen molar-refractivity contribution < 1.29 is 14.0 Å². The summed E-state index contributed by atoms with van der Waals surface area (Å²) >= 11 is 0. The Labute approximate surface area is 182 Å². The van der Waals surface area contributed by atoms with Crippen molar-refractivity contribution in [2.45, 2.75) is 45.6 Å². The smallest absolute Gasteiger partial charge is 0.253 e. The van der Waals surface area contributed by atoms with Crippen molar-refractivity contribution in [2.75, 3.05) is 13.1 Å². The van der Waals surface area contributed by atoms with Gasteiger partial charge in [0.05, 0.1) is 0 Å². The summed E-state index contributed by atoms with van der Waals surface area (Å²) in [4.78, 5) is 31.6. The molecule has 0 aliphatic carbocycles. The Balaban J connectivity index is 1.38. The number of benzene rings is 2. The highest BCUT2D eigenvalue weighted by Crippen LogP contribution is 2.26. The Morgan fingerprint density at radius 2 is 1.90 bits per heavy atom. The Morgan fingerprint density at radius 3 is 2.61 bits per heavy atom. The predicted molar refractivity (Wildman–Crippen MR) is 121 cm³/mol. The van der Waals surface area contributed by atoms with Gasteiger partial charge >= 0.3 is 0 Å². The van der Waals surface area contributed by atoms with Gasteiger partial charge in [0, 0.05) is 36.7 Å². The number of hydrogen-bond acceptors (Lipinski definition) is 4. The van der Waals surface area contributed by atoms with Crippen LogP contribution in [-0.2, 0) is 4.79 Å². The van der Waals surface area contributed by atoms with Crippen molar-refractivity contribution in [3.05, 3.63) is 54.1 Å². The Hall–Kier alpha value is -3.15. The molecule has 0 bridgehead atoms. The van der Waals surface area contributed by atoms with Crippen molar-refractivity contribution in [2.24, 2.45) is 5.92 Å². The fourth-order valence-corrected chi connectivity index (χ4v) is 3.99. The average molecular weight is 420 g/mol. The third-order valence-electron chi connectivity index (χ3n) is 6.05. The molecule has 1 unspecified atom stereocenters. The summed E-state index contributed by atoms with van der Waals surface area (Å²) in [5.74, 6) is 1.01. The molecule has 1 fully saturated rings. The van der Waals surface area contributed by atoms with Gasteiger partial charge < -0.3 is 14.6 Å². The first kappa shape index (κ1) is 21.1. The molecular weight excluding hydrogens is 390 g/mol. The highest BCUT2D eigenvalue weighted by Gasteiger charge is 2.26. The number of aromatic nitrogens is 1. The summed E-state index contributed by atoms with van der Waals surface area (Å²) in [6.45, 7) is 5.43. The van der Waals surface area contributed by atoms with E-state index in [1.165, 1.54) is 0 Å². The van der Waals surface area contributed by atoms with Crippen molar-refractivity contribution in [1.29, 1.82) is 0 Å². The second-order valence-corrected chi connectivity index (χ2v) is 8.38. The fraction of sp³-hybridized carbons (Fsp3) is 0.400. The lowest BCUT2D eigenvalue weighted by molar-refractivity contribution is -0.122. The summed E-state index contributed by atoms with van der Waals surface area (Å²) in [5, 5.41) is 3.03. The Bertz CT molecular complexity index is 1050. The van der Waals surface area contributed by atoms with Gasteiger partial charge in [0.1, 0.15) is 5.52 Å². The first-order valence-electron chi connectivity index (χ1n) is 11.1. The lowest BCUT2D eigenvalue weighted by atomic mass is 9.92. The van der Waals surface area contributed by atoms with Crippen LogP contribution in [0.5, 0.6) is 0 Å². The summed E-state index contributed by atoms with van der Waals surface area (Å²) in [7, 11) is 0. The van der Waals surface area contributed by atoms with Gasteiger partial charge in [-0.1, -0.05) is 25.1 Å². The zero-order valence-electron chi connectivity index (χ0n) is 18.1. The second kappa shape index (κ2) is 9.33. The molecule has 6 nitrogen and oxygen atoms in total. The van der Waals surface area contributed by atoms with E-state index in [1.54, 1.807) is 12.1 Å². The van der Waals surface area contributed by atoms with E-state index in [9.17, 15) is 9.59 Å². The van der Waals surface area contributed by atoms with Crippen LogP contribution in [0.15, 0.2) is 52.9 Å². The lowest BCUT2D eigenvalue weighted by Crippen LogP contribution is -2.40. The molecule has 0 radical (unpaired) electrons. The number of piperidine rings is 1. The summed E-state index contributed by atoms with van der Waals surface area (Å²) in [6, 6.07) is 15.4. The monoisotopic (exact) mass is 419 g/mol. The zero-order valence-corrected chi connectivity index (χ0v) is 18.1. The van der Waals surface area contributed by atoms with E-state index in [0.29, 0.717) is 48.0 Å². The van der Waals surface area contributed by atoms with E-state index in [4.69, 9.17) is 4.42 Å². The molecule has 1 N–H and O–H groups in total. The second-order valence-electron chi connectivity index (χ2n) is 8.38. The first-order valence-corrected chi connectivity index (χ1v) is 11.1. The standard InChI is InChI=1S/C25H29N3O3/c1-3-17(2)26-23(29)15-18-11-13-28(14-12-18)25(30)20-9-10-22-21(16-20)27-24(31-22)19-7-5-4-6-8-19/h4-10,16-18H,3,11-15H2,1-2H3,(H,26,29). The van der Waals surface area contributed by atoms with Gasteiger partial charge in [0.2, 0.25) is 11.8 Å². The number of amides is 2. The normalized spacial score (nSPS) is 15.7. The van der Waals surface area contributed by atoms with Crippen molar-refractivity contribution in [1.82, 2.24) is 15.2 Å². The number of fused-ring (bicyclic) bond motifs is 1. The van der Waals surface area contributed by atoms with Gasteiger partial charge in [0.15, 0.2) is 5.58 Å². The fourth-order valence-electron chi connectivity index (χ4n) is 3.99. The minimum atomic E-state index is 0.00803. The number of carbonyl (C=O) groups excluding carboxylic acids is 2. The number of nitrogens with one attached hydrogen (secondary N) is 1. The van der Waals surface area contributed by atoms with E-state index >= 15 is 0 Å². The number of carbonyl (C=O) groups is 2. The van der Waals surface area contributed by atoms with E-state index in [0.717, 1.165) is 24.8 Å². The molecule has 31 heavy (non-hydrogen) atoms. The SMILES string of the molecule is CCC(C)NC(=O)CC1CCN(C(=O)c2ccc3oc(-c4ccccc4)nc3c2)CC1. The Morgan fingerprint density at radius 1 is 1.16 bits per heavy atom. The molecule has 1 aliphatic rings. The van der Waals surface area contributed by atoms with Crippen molar-refractivity contribution >= 4 is 22.9 Å². The lowest BCUT2D eigenvalue weighted by Gasteiger charge is -2.32. The van der Waals surface area contributed by atoms with E-state index < -0.39 is 0 Å². The average Bonchev–Trinajstić information content (AvgIpc) is 3.23. The topological polar surface area (TPSA) is 75.4 Å². The van der Waals surface area contributed by atoms with Crippen LogP contribution in [0.4, 0.5) is 0 Å². The van der Waals surface area contributed by atoms with Crippen LogP contribution in [-0.4, -0.2) is 40.8 Å². The molecule has 3 aromatic rings. The summed E-state index contributed by atoms with van der Waals surface area (Å²) < 4.78 is 5.85. The number of likely N-dealkylation sites (tertiary alicyclic amines) is 1. The minimum Gasteiger partial charge on any atom is -0.436 e. The third kappa shape index (κ3) is 4.95. The van der Waals surface area contributed by atoms with Gasteiger partial charge in [0.25, 0.3) is 5.91 Å². The first-order chi connectivity index (χ1) is 15.0. The maximum absolute atomic E-state index is 13.0. The highest BCUT2D eigenvalue weighted by molar-refractivity contribution is 5.97. The van der Waals surface area contributed by atoms with Gasteiger partial charge in [-0.25, -0.2) is 4.98 Å². The van der Waals surface area contributed by atoms with E-state index in [1.807, 2.05) is 48.2 Å². The van der Waals surface area contributed by atoms with Crippen molar-refractivity contribution in [3.63, 3.8) is 0 Å². The van der Waals surface area contributed by atoms with Gasteiger partial charge in [-0.2, -0.15) is 0 Å². The van der Waals surface area contributed by atoms with E-state index in [2.05, 4.69) is 17.2 Å².